The maximum Gasteiger partial charge on any atom is 0.335 e. The molecule has 0 saturated carbocycles. The highest BCUT2D eigenvalue weighted by Crippen LogP contribution is 2.16. The third-order valence-electron chi connectivity index (χ3n) is 3.15. The number of carbonyl (C=O) groups is 2. The first-order chi connectivity index (χ1) is 10.6. The van der Waals surface area contributed by atoms with Crippen LogP contribution in [0.5, 0.6) is 0 Å². The molecular formula is C17H17NO3S. The molecule has 2 rings (SSSR count). The summed E-state index contributed by atoms with van der Waals surface area (Å²) in [5, 5.41) is 11.6. The summed E-state index contributed by atoms with van der Waals surface area (Å²) in [7, 11) is 0. The molecule has 0 unspecified atom stereocenters. The van der Waals surface area contributed by atoms with Crippen LogP contribution in [-0.4, -0.2) is 22.7 Å². The molecule has 5 heteroatoms. The van der Waals surface area contributed by atoms with Gasteiger partial charge >= 0.3 is 5.97 Å². The summed E-state index contributed by atoms with van der Waals surface area (Å²) in [4.78, 5) is 22.8. The number of aryl methyl sites for hydroxylation is 1. The second kappa shape index (κ2) is 7.66. The summed E-state index contributed by atoms with van der Waals surface area (Å²) in [5.41, 5.74) is 3.09. The van der Waals surface area contributed by atoms with E-state index in [1.165, 1.54) is 35.0 Å². The number of nitrogens with one attached hydrogen (secondary N) is 1. The van der Waals surface area contributed by atoms with Gasteiger partial charge in [0.15, 0.2) is 0 Å². The molecule has 0 spiro atoms. The number of hydrogen-bond acceptors (Lipinski definition) is 3. The summed E-state index contributed by atoms with van der Waals surface area (Å²) < 4.78 is 0. The van der Waals surface area contributed by atoms with Crippen molar-refractivity contribution in [3.05, 3.63) is 65.2 Å². The third kappa shape index (κ3) is 4.63. The van der Waals surface area contributed by atoms with Gasteiger partial charge in [0.05, 0.1) is 11.3 Å². The number of amides is 1. The van der Waals surface area contributed by atoms with Crippen LogP contribution in [0.3, 0.4) is 0 Å². The molecule has 0 aliphatic carbocycles. The van der Waals surface area contributed by atoms with Gasteiger partial charge in [0.2, 0.25) is 5.91 Å². The second-order valence-corrected chi connectivity index (χ2v) is 5.84. The van der Waals surface area contributed by atoms with E-state index in [9.17, 15) is 9.59 Å². The van der Waals surface area contributed by atoms with Crippen LogP contribution in [0.2, 0.25) is 0 Å². The molecule has 0 aliphatic rings. The van der Waals surface area contributed by atoms with E-state index in [1.54, 1.807) is 12.1 Å². The lowest BCUT2D eigenvalue weighted by molar-refractivity contribution is -0.113. The third-order valence-corrected chi connectivity index (χ3v) is 4.13. The quantitative estimate of drug-likeness (QED) is 0.855. The van der Waals surface area contributed by atoms with Crippen LogP contribution in [0.4, 0.5) is 5.69 Å². The molecule has 114 valence electrons. The van der Waals surface area contributed by atoms with Gasteiger partial charge in [-0.2, -0.15) is 0 Å². The van der Waals surface area contributed by atoms with E-state index >= 15 is 0 Å². The Labute approximate surface area is 133 Å². The summed E-state index contributed by atoms with van der Waals surface area (Å²) in [6.45, 7) is 2.05. The molecule has 2 N–H and O–H groups in total. The average molecular weight is 315 g/mol. The van der Waals surface area contributed by atoms with E-state index < -0.39 is 5.97 Å². The van der Waals surface area contributed by atoms with E-state index in [0.29, 0.717) is 11.4 Å². The summed E-state index contributed by atoms with van der Waals surface area (Å²) in [5.74, 6) is -0.0490. The summed E-state index contributed by atoms with van der Waals surface area (Å²) in [6.07, 6.45) is 0. The monoisotopic (exact) mass is 315 g/mol. The number of carboxylic acid groups (broad SMARTS) is 1. The van der Waals surface area contributed by atoms with E-state index in [0.717, 1.165) is 5.75 Å². The summed E-state index contributed by atoms with van der Waals surface area (Å²) in [6, 6.07) is 14.3. The van der Waals surface area contributed by atoms with Gasteiger partial charge in [-0.05, 0) is 36.2 Å². The van der Waals surface area contributed by atoms with Crippen molar-refractivity contribution in [1.82, 2.24) is 0 Å². The number of carbonyl (C=O) groups excluding carboxylic acids is 1. The topological polar surface area (TPSA) is 66.4 Å². The Bertz CT molecular complexity index is 685. The molecule has 2 aromatic rings. The van der Waals surface area contributed by atoms with E-state index in [4.69, 9.17) is 5.11 Å². The van der Waals surface area contributed by atoms with Crippen molar-refractivity contribution < 1.29 is 14.7 Å². The Morgan fingerprint density at radius 1 is 1.14 bits per heavy atom. The average Bonchev–Trinajstić information content (AvgIpc) is 2.49. The fourth-order valence-electron chi connectivity index (χ4n) is 1.95. The Kier molecular flexibility index (Phi) is 5.61. The van der Waals surface area contributed by atoms with Crippen LogP contribution in [0.15, 0.2) is 48.5 Å². The zero-order chi connectivity index (χ0) is 15.9. The van der Waals surface area contributed by atoms with Crippen LogP contribution < -0.4 is 5.32 Å². The number of carboxylic acids is 1. The molecular weight excluding hydrogens is 298 g/mol. The highest BCUT2D eigenvalue weighted by atomic mass is 32.2. The minimum absolute atomic E-state index is 0.138. The first-order valence-corrected chi connectivity index (χ1v) is 7.97. The van der Waals surface area contributed by atoms with Crippen molar-refractivity contribution in [1.29, 1.82) is 0 Å². The van der Waals surface area contributed by atoms with Gasteiger partial charge in [-0.15, -0.1) is 11.8 Å². The molecule has 0 radical (unpaired) electrons. The molecule has 0 fully saturated rings. The highest BCUT2D eigenvalue weighted by molar-refractivity contribution is 7.99. The van der Waals surface area contributed by atoms with Gasteiger partial charge in [0.25, 0.3) is 0 Å². The summed E-state index contributed by atoms with van der Waals surface area (Å²) >= 11 is 1.53. The minimum atomic E-state index is -1.01. The predicted molar refractivity (Wildman–Crippen MR) is 89.4 cm³/mol. The Morgan fingerprint density at radius 2 is 1.91 bits per heavy atom. The smallest absolute Gasteiger partial charge is 0.335 e. The van der Waals surface area contributed by atoms with E-state index in [2.05, 4.69) is 11.4 Å². The molecule has 2 aromatic carbocycles. The Morgan fingerprint density at radius 3 is 2.64 bits per heavy atom. The first-order valence-electron chi connectivity index (χ1n) is 6.82. The lowest BCUT2D eigenvalue weighted by Crippen LogP contribution is -2.14. The van der Waals surface area contributed by atoms with Gasteiger partial charge in [-0.25, -0.2) is 4.79 Å². The standard InChI is InChI=1S/C17H17NO3S/c1-12-5-2-3-6-14(12)10-22-11-16(19)18-15-8-4-7-13(9-15)17(20)21/h2-9H,10-11H2,1H3,(H,18,19)(H,20,21). The van der Waals surface area contributed by atoms with E-state index in [-0.39, 0.29) is 11.5 Å². The van der Waals surface area contributed by atoms with Crippen molar-refractivity contribution in [2.45, 2.75) is 12.7 Å². The van der Waals surface area contributed by atoms with E-state index in [1.807, 2.05) is 25.1 Å². The fourth-order valence-corrected chi connectivity index (χ4v) is 2.86. The number of benzene rings is 2. The zero-order valence-corrected chi connectivity index (χ0v) is 13.0. The van der Waals surface area contributed by atoms with Crippen LogP contribution in [-0.2, 0) is 10.5 Å². The van der Waals surface area contributed by atoms with Crippen molar-refractivity contribution in [2.75, 3.05) is 11.1 Å². The molecule has 0 saturated heterocycles. The number of rotatable bonds is 6. The van der Waals surface area contributed by atoms with Crippen LogP contribution >= 0.6 is 11.8 Å². The van der Waals surface area contributed by atoms with Crippen molar-refractivity contribution in [3.63, 3.8) is 0 Å². The van der Waals surface area contributed by atoms with Gasteiger partial charge < -0.3 is 10.4 Å². The molecule has 0 bridgehead atoms. The molecule has 22 heavy (non-hydrogen) atoms. The minimum Gasteiger partial charge on any atom is -0.478 e. The van der Waals surface area contributed by atoms with Gasteiger partial charge in [0.1, 0.15) is 0 Å². The molecule has 4 nitrogen and oxygen atoms in total. The Balaban J connectivity index is 1.84. The highest BCUT2D eigenvalue weighted by Gasteiger charge is 2.07. The maximum absolute atomic E-state index is 11.9. The number of aromatic carboxylic acids is 1. The first kappa shape index (κ1) is 16.1. The zero-order valence-electron chi connectivity index (χ0n) is 12.2. The molecule has 0 heterocycles. The van der Waals surface area contributed by atoms with Crippen LogP contribution in [0.1, 0.15) is 21.5 Å². The van der Waals surface area contributed by atoms with Gasteiger partial charge in [0, 0.05) is 11.4 Å². The molecule has 0 atom stereocenters. The lowest BCUT2D eigenvalue weighted by atomic mass is 10.1. The number of thioether (sulfide) groups is 1. The molecule has 1 amide bonds. The second-order valence-electron chi connectivity index (χ2n) is 4.85. The van der Waals surface area contributed by atoms with Crippen molar-refractivity contribution in [2.24, 2.45) is 0 Å². The van der Waals surface area contributed by atoms with Crippen LogP contribution in [0.25, 0.3) is 0 Å². The predicted octanol–water partition coefficient (Wildman–Crippen LogP) is 3.57. The number of hydrogen-bond donors (Lipinski definition) is 2. The van der Waals surface area contributed by atoms with Crippen LogP contribution in [0, 0.1) is 6.92 Å². The molecule has 0 aromatic heterocycles. The van der Waals surface area contributed by atoms with Gasteiger partial charge in [-0.3, -0.25) is 4.79 Å². The normalized spacial score (nSPS) is 10.2. The van der Waals surface area contributed by atoms with Gasteiger partial charge in [-0.1, -0.05) is 30.3 Å². The van der Waals surface area contributed by atoms with Crippen molar-refractivity contribution >= 4 is 29.3 Å². The largest absolute Gasteiger partial charge is 0.478 e. The Hall–Kier alpha value is -2.27. The lowest BCUT2D eigenvalue weighted by Gasteiger charge is -2.07. The maximum atomic E-state index is 11.9. The number of anilines is 1. The molecule has 0 aliphatic heterocycles. The fraction of sp³-hybridized carbons (Fsp3) is 0.176. The van der Waals surface area contributed by atoms with Crippen molar-refractivity contribution in [3.8, 4) is 0 Å². The SMILES string of the molecule is Cc1ccccc1CSCC(=O)Nc1cccc(C(=O)O)c1.